The lowest BCUT2D eigenvalue weighted by atomic mass is 10.1. The van der Waals surface area contributed by atoms with Crippen molar-refractivity contribution in [2.45, 2.75) is 6.92 Å². The Balaban J connectivity index is 3.07. The van der Waals surface area contributed by atoms with Crippen LogP contribution in [0.3, 0.4) is 0 Å². The second-order valence-electron chi connectivity index (χ2n) is 2.36. The number of benzene rings is 1. The van der Waals surface area contributed by atoms with Gasteiger partial charge in [0.1, 0.15) is 0 Å². The lowest BCUT2D eigenvalue weighted by Gasteiger charge is -1.98. The van der Waals surface area contributed by atoms with Gasteiger partial charge in [-0.05, 0) is 12.5 Å². The summed E-state index contributed by atoms with van der Waals surface area (Å²) >= 11 is 0. The average Bonchev–Trinajstić information content (AvgIpc) is 1.88. The average molecular weight is 145 g/mol. The maximum atomic E-state index is 3.84. The normalized spacial score (nSPS) is 9.40. The first-order valence-electron chi connectivity index (χ1n) is 3.17. The molecule has 0 aliphatic carbocycles. The highest BCUT2D eigenvalue weighted by Gasteiger charge is 1.90. The minimum Gasteiger partial charge on any atom is -0.0955 e. The van der Waals surface area contributed by atoms with Crippen molar-refractivity contribution in [1.29, 1.82) is 0 Å². The summed E-state index contributed by atoms with van der Waals surface area (Å²) in [6, 6.07) is 8.11. The highest BCUT2D eigenvalue weighted by Crippen LogP contribution is 2.07. The molecule has 0 unspecified atom stereocenters. The molecule has 0 aromatic heterocycles. The molecular formula is C9H9Si. The van der Waals surface area contributed by atoms with Crippen molar-refractivity contribution in [3.05, 3.63) is 36.4 Å². The van der Waals surface area contributed by atoms with Gasteiger partial charge in [0.25, 0.3) is 0 Å². The third kappa shape index (κ3) is 1.58. The molecule has 0 fully saturated rings. The lowest BCUT2D eigenvalue weighted by Crippen LogP contribution is -2.00. The van der Waals surface area contributed by atoms with Crippen LogP contribution in [-0.2, 0) is 0 Å². The zero-order valence-corrected chi connectivity index (χ0v) is 7.02. The van der Waals surface area contributed by atoms with E-state index < -0.39 is 0 Å². The fraction of sp³-hybridized carbons (Fsp3) is 0.111. The van der Waals surface area contributed by atoms with Crippen molar-refractivity contribution in [3.63, 3.8) is 0 Å². The fourth-order valence-electron chi connectivity index (χ4n) is 0.785. The van der Waals surface area contributed by atoms with Crippen LogP contribution in [0.4, 0.5) is 0 Å². The van der Waals surface area contributed by atoms with E-state index in [4.69, 9.17) is 0 Å². The van der Waals surface area contributed by atoms with E-state index in [1.54, 1.807) is 0 Å². The molecule has 10 heavy (non-hydrogen) atoms. The maximum absolute atomic E-state index is 3.84. The highest BCUT2D eigenvalue weighted by molar-refractivity contribution is 6.32. The fourth-order valence-corrected chi connectivity index (χ4v) is 1.04. The van der Waals surface area contributed by atoms with Gasteiger partial charge < -0.3 is 0 Å². The van der Waals surface area contributed by atoms with Crippen LogP contribution >= 0.6 is 0 Å². The predicted octanol–water partition coefficient (Wildman–Crippen LogP) is 1.51. The smallest absolute Gasteiger partial charge is 0.0712 e. The van der Waals surface area contributed by atoms with E-state index in [9.17, 15) is 0 Å². The van der Waals surface area contributed by atoms with Gasteiger partial charge in [-0.15, -0.1) is 0 Å². The SMILES string of the molecule is C=C(C)c1cccc([Si])c1. The summed E-state index contributed by atoms with van der Waals surface area (Å²) in [6.45, 7) is 5.85. The van der Waals surface area contributed by atoms with Crippen LogP contribution in [-0.4, -0.2) is 10.2 Å². The van der Waals surface area contributed by atoms with Gasteiger partial charge in [-0.25, -0.2) is 0 Å². The van der Waals surface area contributed by atoms with Crippen molar-refractivity contribution in [2.75, 3.05) is 0 Å². The van der Waals surface area contributed by atoms with E-state index in [1.165, 1.54) is 5.56 Å². The molecule has 0 bridgehead atoms. The van der Waals surface area contributed by atoms with Crippen molar-refractivity contribution < 1.29 is 0 Å². The lowest BCUT2D eigenvalue weighted by molar-refractivity contribution is 1.61. The number of hydrogen-bond acceptors (Lipinski definition) is 0. The first kappa shape index (κ1) is 7.29. The van der Waals surface area contributed by atoms with Crippen LogP contribution in [0.5, 0.6) is 0 Å². The maximum Gasteiger partial charge on any atom is 0.0712 e. The Morgan fingerprint density at radius 1 is 1.50 bits per heavy atom. The molecule has 1 aromatic rings. The van der Waals surface area contributed by atoms with Crippen molar-refractivity contribution in [3.8, 4) is 0 Å². The van der Waals surface area contributed by atoms with Crippen LogP contribution in [0.25, 0.3) is 5.57 Å². The highest BCUT2D eigenvalue weighted by atomic mass is 28.1. The van der Waals surface area contributed by atoms with Gasteiger partial charge in [0, 0.05) is 0 Å². The molecule has 0 saturated heterocycles. The van der Waals surface area contributed by atoms with E-state index >= 15 is 0 Å². The van der Waals surface area contributed by atoms with Gasteiger partial charge in [0.05, 0.1) is 10.2 Å². The molecule has 1 aromatic carbocycles. The zero-order chi connectivity index (χ0) is 7.56. The molecule has 0 amide bonds. The van der Waals surface area contributed by atoms with E-state index in [2.05, 4.69) is 22.9 Å². The summed E-state index contributed by atoms with van der Waals surface area (Å²) in [5.41, 5.74) is 2.28. The molecule has 0 heterocycles. The predicted molar refractivity (Wildman–Crippen MR) is 46.5 cm³/mol. The minimum atomic E-state index is 1.10. The van der Waals surface area contributed by atoms with Gasteiger partial charge in [0.2, 0.25) is 0 Å². The largest absolute Gasteiger partial charge is 0.0955 e. The molecule has 3 radical (unpaired) electrons. The van der Waals surface area contributed by atoms with Crippen LogP contribution < -0.4 is 5.19 Å². The van der Waals surface area contributed by atoms with E-state index in [0.29, 0.717) is 0 Å². The van der Waals surface area contributed by atoms with Crippen LogP contribution in [0.15, 0.2) is 30.8 Å². The molecule has 1 rings (SSSR count). The van der Waals surface area contributed by atoms with Crippen molar-refractivity contribution in [1.82, 2.24) is 0 Å². The quantitative estimate of drug-likeness (QED) is 0.525. The molecule has 0 atom stereocenters. The third-order valence-corrected chi connectivity index (χ3v) is 1.67. The van der Waals surface area contributed by atoms with Gasteiger partial charge in [0.15, 0.2) is 0 Å². The standard InChI is InChI=1S/C9H9Si/c1-7(2)8-4-3-5-9(10)6-8/h3-6H,1H2,2H3. The Bertz CT molecular complexity index is 251. The van der Waals surface area contributed by atoms with E-state index in [1.807, 2.05) is 25.1 Å². The summed E-state index contributed by atoms with van der Waals surface area (Å²) in [7, 11) is 3.44. The van der Waals surface area contributed by atoms with Crippen LogP contribution in [0, 0.1) is 0 Å². The molecule has 1 heteroatoms. The van der Waals surface area contributed by atoms with Gasteiger partial charge in [-0.2, -0.15) is 0 Å². The summed E-state index contributed by atoms with van der Waals surface area (Å²) in [6.07, 6.45) is 0. The Hall–Kier alpha value is -0.823. The van der Waals surface area contributed by atoms with Crippen LogP contribution in [0.1, 0.15) is 12.5 Å². The molecule has 0 spiro atoms. The molecule has 0 saturated carbocycles. The molecule has 49 valence electrons. The monoisotopic (exact) mass is 145 g/mol. The topological polar surface area (TPSA) is 0 Å². The second-order valence-corrected chi connectivity index (χ2v) is 2.94. The summed E-state index contributed by atoms with van der Waals surface area (Å²) in [4.78, 5) is 0. The Labute approximate surface area is 65.0 Å². The second kappa shape index (κ2) is 2.84. The third-order valence-electron chi connectivity index (χ3n) is 1.36. The van der Waals surface area contributed by atoms with Crippen LogP contribution in [0.2, 0.25) is 0 Å². The van der Waals surface area contributed by atoms with Crippen molar-refractivity contribution in [2.24, 2.45) is 0 Å². The number of hydrogen-bond donors (Lipinski definition) is 0. The van der Waals surface area contributed by atoms with Crippen molar-refractivity contribution >= 4 is 21.0 Å². The molecular weight excluding hydrogens is 136 g/mol. The number of allylic oxidation sites excluding steroid dienone is 1. The molecule has 0 N–H and O–H groups in total. The zero-order valence-electron chi connectivity index (χ0n) is 6.02. The summed E-state index contributed by atoms with van der Waals surface area (Å²) < 4.78 is 0. The van der Waals surface area contributed by atoms with Gasteiger partial charge in [-0.3, -0.25) is 0 Å². The molecule has 0 nitrogen and oxygen atoms in total. The van der Waals surface area contributed by atoms with E-state index in [0.717, 1.165) is 10.8 Å². The van der Waals surface area contributed by atoms with E-state index in [-0.39, 0.29) is 0 Å². The Morgan fingerprint density at radius 3 is 2.60 bits per heavy atom. The molecule has 0 aliphatic rings. The van der Waals surface area contributed by atoms with Gasteiger partial charge >= 0.3 is 0 Å². The van der Waals surface area contributed by atoms with Gasteiger partial charge in [-0.1, -0.05) is 41.6 Å². The first-order chi connectivity index (χ1) is 4.70. The summed E-state index contributed by atoms with van der Waals surface area (Å²) in [5, 5.41) is 1.10. The first-order valence-corrected chi connectivity index (χ1v) is 3.67. The Kier molecular flexibility index (Phi) is 2.07. The summed E-state index contributed by atoms with van der Waals surface area (Å²) in [5.74, 6) is 0. The minimum absolute atomic E-state index is 1.10. The Morgan fingerprint density at radius 2 is 2.20 bits per heavy atom. The number of rotatable bonds is 1. The molecule has 0 aliphatic heterocycles.